The van der Waals surface area contributed by atoms with E-state index < -0.39 is 0 Å². The molecule has 0 radical (unpaired) electrons. The fourth-order valence-corrected chi connectivity index (χ4v) is 2.04. The fraction of sp³-hybridized carbons (Fsp3) is 0.529. The Kier molecular flexibility index (Phi) is 11.0. The van der Waals surface area contributed by atoms with Gasteiger partial charge in [-0.15, -0.1) is 24.0 Å². The quantitative estimate of drug-likeness (QED) is 0.398. The summed E-state index contributed by atoms with van der Waals surface area (Å²) >= 11 is 6.22. The molecule has 1 aromatic carbocycles. The first kappa shape index (κ1) is 23.0. The second kappa shape index (κ2) is 11.5. The molecule has 0 aliphatic rings. The van der Waals surface area contributed by atoms with Gasteiger partial charge in [0.2, 0.25) is 5.91 Å². The van der Waals surface area contributed by atoms with Crippen molar-refractivity contribution >= 4 is 47.4 Å². The molecule has 7 heteroatoms. The molecule has 136 valence electrons. The number of hydrogen-bond acceptors (Lipinski definition) is 2. The van der Waals surface area contributed by atoms with E-state index in [-0.39, 0.29) is 36.4 Å². The van der Waals surface area contributed by atoms with Gasteiger partial charge in [-0.05, 0) is 17.5 Å². The first-order chi connectivity index (χ1) is 10.8. The molecule has 0 heterocycles. The topological polar surface area (TPSA) is 47.9 Å². The SMILES string of the molecule is CC(C)CNC(=NCC(=O)N(C)C)N(C)Cc1ccccc1Cl.I. The van der Waals surface area contributed by atoms with E-state index in [2.05, 4.69) is 24.2 Å². The zero-order chi connectivity index (χ0) is 17.4. The van der Waals surface area contributed by atoms with Crippen molar-refractivity contribution in [3.63, 3.8) is 0 Å². The molecule has 24 heavy (non-hydrogen) atoms. The van der Waals surface area contributed by atoms with Crippen LogP contribution in [0.5, 0.6) is 0 Å². The summed E-state index contributed by atoms with van der Waals surface area (Å²) in [5.74, 6) is 1.16. The van der Waals surface area contributed by atoms with E-state index in [1.807, 2.05) is 36.2 Å². The maximum Gasteiger partial charge on any atom is 0.243 e. The lowest BCUT2D eigenvalue weighted by Crippen LogP contribution is -2.41. The van der Waals surface area contributed by atoms with Crippen LogP contribution in [0.1, 0.15) is 19.4 Å². The lowest BCUT2D eigenvalue weighted by Gasteiger charge is -2.24. The summed E-state index contributed by atoms with van der Waals surface area (Å²) in [6.07, 6.45) is 0. The van der Waals surface area contributed by atoms with Crippen LogP contribution in [0.15, 0.2) is 29.3 Å². The van der Waals surface area contributed by atoms with E-state index in [1.54, 1.807) is 14.1 Å². The zero-order valence-corrected chi connectivity index (χ0v) is 18.1. The van der Waals surface area contributed by atoms with Crippen molar-refractivity contribution in [2.24, 2.45) is 10.9 Å². The number of likely N-dealkylation sites (N-methyl/N-ethyl adjacent to an activating group) is 1. The molecule has 0 saturated heterocycles. The van der Waals surface area contributed by atoms with Crippen molar-refractivity contribution in [1.29, 1.82) is 0 Å². The molecule has 5 nitrogen and oxygen atoms in total. The van der Waals surface area contributed by atoms with E-state index in [0.717, 1.165) is 17.1 Å². The molecule has 0 bridgehead atoms. The van der Waals surface area contributed by atoms with Crippen LogP contribution in [0.25, 0.3) is 0 Å². The number of nitrogens with one attached hydrogen (secondary N) is 1. The summed E-state index contributed by atoms with van der Waals surface area (Å²) in [6, 6.07) is 7.74. The smallest absolute Gasteiger partial charge is 0.243 e. The number of guanidine groups is 1. The third-order valence-electron chi connectivity index (χ3n) is 3.26. The van der Waals surface area contributed by atoms with E-state index >= 15 is 0 Å². The Hall–Kier alpha value is -1.02. The minimum atomic E-state index is -0.0278. The molecule has 0 fully saturated rings. The number of nitrogens with zero attached hydrogens (tertiary/aromatic N) is 3. The van der Waals surface area contributed by atoms with Gasteiger partial charge in [0.25, 0.3) is 0 Å². The largest absolute Gasteiger partial charge is 0.356 e. The first-order valence-corrected chi connectivity index (χ1v) is 8.12. The van der Waals surface area contributed by atoms with Gasteiger partial charge in [0.1, 0.15) is 6.54 Å². The molecule has 1 amide bonds. The van der Waals surface area contributed by atoms with E-state index in [4.69, 9.17) is 11.6 Å². The Bertz CT molecular complexity index is 549. The minimum Gasteiger partial charge on any atom is -0.356 e. The first-order valence-electron chi connectivity index (χ1n) is 7.74. The Labute approximate surface area is 167 Å². The number of aliphatic imine (C=N–C) groups is 1. The molecular formula is C17H28ClIN4O. The van der Waals surface area contributed by atoms with Gasteiger partial charge >= 0.3 is 0 Å². The predicted molar refractivity (Wildman–Crippen MR) is 112 cm³/mol. The highest BCUT2D eigenvalue weighted by Gasteiger charge is 2.11. The standard InChI is InChI=1S/C17H27ClN4O.HI/c1-13(2)10-19-17(20-11-16(23)21(3)4)22(5)12-14-8-6-7-9-15(14)18;/h6-9,13H,10-12H2,1-5H3,(H,19,20);1H. The van der Waals surface area contributed by atoms with Crippen LogP contribution in [0.4, 0.5) is 0 Å². The Morgan fingerprint density at radius 3 is 2.42 bits per heavy atom. The summed E-state index contributed by atoms with van der Waals surface area (Å²) in [5, 5.41) is 4.04. The monoisotopic (exact) mass is 466 g/mol. The minimum absolute atomic E-state index is 0. The number of rotatable bonds is 6. The van der Waals surface area contributed by atoms with Crippen molar-refractivity contribution in [3.8, 4) is 0 Å². The molecule has 1 aromatic rings. The van der Waals surface area contributed by atoms with Crippen LogP contribution >= 0.6 is 35.6 Å². The van der Waals surface area contributed by atoms with Crippen LogP contribution in [0.2, 0.25) is 5.02 Å². The third-order valence-corrected chi connectivity index (χ3v) is 3.63. The van der Waals surface area contributed by atoms with Crippen LogP contribution < -0.4 is 5.32 Å². The second-order valence-electron chi connectivity index (χ2n) is 6.15. The normalized spacial score (nSPS) is 11.0. The highest BCUT2D eigenvalue weighted by molar-refractivity contribution is 14.0. The van der Waals surface area contributed by atoms with Gasteiger partial charge in [-0.3, -0.25) is 4.79 Å². The van der Waals surface area contributed by atoms with Gasteiger partial charge in [0.15, 0.2) is 5.96 Å². The molecule has 0 unspecified atom stereocenters. The van der Waals surface area contributed by atoms with Crippen molar-refractivity contribution in [2.75, 3.05) is 34.2 Å². The molecule has 0 aromatic heterocycles. The predicted octanol–water partition coefficient (Wildman–Crippen LogP) is 3.08. The molecular weight excluding hydrogens is 439 g/mol. The number of benzene rings is 1. The number of halogens is 2. The van der Waals surface area contributed by atoms with Crippen molar-refractivity contribution in [2.45, 2.75) is 20.4 Å². The molecule has 0 saturated carbocycles. The Morgan fingerprint density at radius 1 is 1.25 bits per heavy atom. The van der Waals surface area contributed by atoms with Crippen molar-refractivity contribution < 1.29 is 4.79 Å². The van der Waals surface area contributed by atoms with Crippen LogP contribution in [-0.2, 0) is 11.3 Å². The second-order valence-corrected chi connectivity index (χ2v) is 6.56. The summed E-state index contributed by atoms with van der Waals surface area (Å²) < 4.78 is 0. The maximum atomic E-state index is 11.8. The lowest BCUT2D eigenvalue weighted by molar-refractivity contribution is -0.127. The molecule has 1 N–H and O–H groups in total. The van der Waals surface area contributed by atoms with Gasteiger partial charge in [-0.2, -0.15) is 0 Å². The molecule has 0 atom stereocenters. The van der Waals surface area contributed by atoms with E-state index in [1.165, 1.54) is 4.90 Å². The molecule has 0 spiro atoms. The van der Waals surface area contributed by atoms with Crippen LogP contribution in [0.3, 0.4) is 0 Å². The zero-order valence-electron chi connectivity index (χ0n) is 15.0. The lowest BCUT2D eigenvalue weighted by atomic mass is 10.2. The average molecular weight is 467 g/mol. The molecule has 0 aliphatic heterocycles. The van der Waals surface area contributed by atoms with Crippen LogP contribution in [0, 0.1) is 5.92 Å². The summed E-state index contributed by atoms with van der Waals surface area (Å²) in [4.78, 5) is 19.7. The maximum absolute atomic E-state index is 11.8. The van der Waals surface area contributed by atoms with Crippen molar-refractivity contribution in [1.82, 2.24) is 15.1 Å². The van der Waals surface area contributed by atoms with Gasteiger partial charge in [-0.1, -0.05) is 43.6 Å². The fourth-order valence-electron chi connectivity index (χ4n) is 1.85. The Balaban J connectivity index is 0.00000529. The third kappa shape index (κ3) is 8.19. The summed E-state index contributed by atoms with van der Waals surface area (Å²) in [6.45, 7) is 5.80. The number of amides is 1. The summed E-state index contributed by atoms with van der Waals surface area (Å²) in [5.41, 5.74) is 1.02. The van der Waals surface area contributed by atoms with Gasteiger partial charge in [0.05, 0.1) is 0 Å². The van der Waals surface area contributed by atoms with Gasteiger partial charge < -0.3 is 15.1 Å². The number of carbonyl (C=O) groups excluding carboxylic acids is 1. The van der Waals surface area contributed by atoms with Gasteiger partial charge in [0, 0.05) is 39.3 Å². The highest BCUT2D eigenvalue weighted by Crippen LogP contribution is 2.16. The number of carbonyl (C=O) groups is 1. The highest BCUT2D eigenvalue weighted by atomic mass is 127. The van der Waals surface area contributed by atoms with Crippen LogP contribution in [-0.4, -0.2) is 55.9 Å². The molecule has 1 rings (SSSR count). The molecule has 0 aliphatic carbocycles. The number of hydrogen-bond donors (Lipinski definition) is 1. The van der Waals surface area contributed by atoms with Crippen molar-refractivity contribution in [3.05, 3.63) is 34.9 Å². The Morgan fingerprint density at radius 2 is 1.88 bits per heavy atom. The summed E-state index contributed by atoms with van der Waals surface area (Å²) in [7, 11) is 5.40. The van der Waals surface area contributed by atoms with E-state index in [0.29, 0.717) is 18.4 Å². The van der Waals surface area contributed by atoms with E-state index in [9.17, 15) is 4.79 Å². The van der Waals surface area contributed by atoms with Gasteiger partial charge in [-0.25, -0.2) is 4.99 Å². The average Bonchev–Trinajstić information content (AvgIpc) is 2.48.